The third-order valence-electron chi connectivity index (χ3n) is 2.19. The molecule has 17 heavy (non-hydrogen) atoms. The Kier molecular flexibility index (Phi) is 4.54. The molecule has 0 saturated carbocycles. The molecular formula is C12H13F4N. The normalized spacial score (nSPS) is 11.3. The van der Waals surface area contributed by atoms with Crippen molar-refractivity contribution in [2.24, 2.45) is 0 Å². The number of halogens is 4. The molecule has 0 heterocycles. The van der Waals surface area contributed by atoms with Crippen molar-refractivity contribution in [1.29, 1.82) is 0 Å². The zero-order valence-electron chi connectivity index (χ0n) is 9.15. The molecule has 1 aromatic carbocycles. The topological polar surface area (TPSA) is 12.0 Å². The van der Waals surface area contributed by atoms with Crippen LogP contribution < -0.4 is 5.32 Å². The monoisotopic (exact) mass is 247 g/mol. The van der Waals surface area contributed by atoms with Gasteiger partial charge in [0.1, 0.15) is 5.82 Å². The van der Waals surface area contributed by atoms with Gasteiger partial charge in [0.2, 0.25) is 0 Å². The first kappa shape index (κ1) is 13.5. The van der Waals surface area contributed by atoms with E-state index in [-0.39, 0.29) is 5.69 Å². The molecule has 0 atom stereocenters. The second kappa shape index (κ2) is 5.70. The lowest BCUT2D eigenvalue weighted by Gasteiger charge is -2.11. The van der Waals surface area contributed by atoms with E-state index in [4.69, 9.17) is 0 Å². The molecule has 0 aliphatic heterocycles. The summed E-state index contributed by atoms with van der Waals surface area (Å²) in [4.78, 5) is 0. The van der Waals surface area contributed by atoms with E-state index in [9.17, 15) is 17.6 Å². The first-order chi connectivity index (χ1) is 7.95. The maximum absolute atomic E-state index is 13.2. The fourth-order valence-corrected chi connectivity index (χ4v) is 1.31. The summed E-state index contributed by atoms with van der Waals surface area (Å²) in [5, 5.41) is 2.64. The van der Waals surface area contributed by atoms with E-state index in [1.54, 1.807) is 6.08 Å². The average Bonchev–Trinajstić information content (AvgIpc) is 2.25. The number of rotatable bonds is 5. The minimum Gasteiger partial charge on any atom is -0.383 e. The predicted octanol–water partition coefficient (Wildman–Crippen LogP) is 4.22. The highest BCUT2D eigenvalue weighted by atomic mass is 19.4. The summed E-state index contributed by atoms with van der Waals surface area (Å²) in [6.45, 7) is 3.93. The minimum absolute atomic E-state index is 0.121. The number of hydrogen-bond acceptors (Lipinski definition) is 1. The van der Waals surface area contributed by atoms with Crippen molar-refractivity contribution in [1.82, 2.24) is 0 Å². The molecular weight excluding hydrogens is 234 g/mol. The van der Waals surface area contributed by atoms with Gasteiger partial charge in [0.05, 0.1) is 11.3 Å². The van der Waals surface area contributed by atoms with Gasteiger partial charge < -0.3 is 5.32 Å². The largest absolute Gasteiger partial charge is 0.416 e. The Labute approximate surface area is 97.1 Å². The fraction of sp³-hybridized carbons (Fsp3) is 0.333. The number of unbranched alkanes of at least 4 members (excludes halogenated alkanes) is 1. The Morgan fingerprint density at radius 1 is 1.29 bits per heavy atom. The number of benzene rings is 1. The van der Waals surface area contributed by atoms with Crippen molar-refractivity contribution < 1.29 is 17.6 Å². The van der Waals surface area contributed by atoms with Crippen molar-refractivity contribution in [3.05, 3.63) is 42.2 Å². The summed E-state index contributed by atoms with van der Waals surface area (Å²) in [7, 11) is 0. The Bertz CT molecular complexity index is 385. The highest BCUT2D eigenvalue weighted by molar-refractivity contribution is 5.47. The number of hydrogen-bond donors (Lipinski definition) is 1. The third kappa shape index (κ3) is 4.09. The van der Waals surface area contributed by atoms with Crippen LogP contribution in [0, 0.1) is 5.82 Å². The van der Waals surface area contributed by atoms with E-state index in [0.29, 0.717) is 13.0 Å². The van der Waals surface area contributed by atoms with Crippen LogP contribution >= 0.6 is 0 Å². The van der Waals surface area contributed by atoms with Crippen molar-refractivity contribution in [3.8, 4) is 0 Å². The van der Waals surface area contributed by atoms with Gasteiger partial charge in [0, 0.05) is 6.54 Å². The van der Waals surface area contributed by atoms with Crippen molar-refractivity contribution >= 4 is 5.69 Å². The molecule has 0 amide bonds. The van der Waals surface area contributed by atoms with Crippen LogP contribution in [0.1, 0.15) is 18.4 Å². The molecule has 94 valence electrons. The van der Waals surface area contributed by atoms with Gasteiger partial charge in [-0.25, -0.2) is 4.39 Å². The second-order valence-electron chi connectivity index (χ2n) is 3.55. The molecule has 0 aliphatic rings. The summed E-state index contributed by atoms with van der Waals surface area (Å²) in [5.74, 6) is -0.684. The standard InChI is InChI=1S/C12H13F4N/c1-2-3-4-7-17-11-8-9(12(14,15)16)5-6-10(11)13/h2,5-6,8,17H,1,3-4,7H2. The summed E-state index contributed by atoms with van der Waals surface area (Å²) in [6, 6.07) is 2.33. The molecule has 0 saturated heterocycles. The number of anilines is 1. The molecule has 1 rings (SSSR count). The first-order valence-electron chi connectivity index (χ1n) is 5.16. The van der Waals surface area contributed by atoms with Crippen LogP contribution in [-0.4, -0.2) is 6.54 Å². The van der Waals surface area contributed by atoms with Crippen LogP contribution in [0.5, 0.6) is 0 Å². The molecule has 0 bridgehead atoms. The van der Waals surface area contributed by atoms with E-state index < -0.39 is 17.6 Å². The van der Waals surface area contributed by atoms with Gasteiger partial charge >= 0.3 is 6.18 Å². The Morgan fingerprint density at radius 3 is 2.59 bits per heavy atom. The van der Waals surface area contributed by atoms with E-state index in [0.717, 1.165) is 24.6 Å². The SMILES string of the molecule is C=CCCCNc1cc(C(F)(F)F)ccc1F. The van der Waals surface area contributed by atoms with Gasteiger partial charge in [-0.1, -0.05) is 6.08 Å². The molecule has 0 fully saturated rings. The van der Waals surface area contributed by atoms with Gasteiger partial charge in [-0.05, 0) is 31.0 Å². The van der Waals surface area contributed by atoms with Gasteiger partial charge in [-0.15, -0.1) is 6.58 Å². The van der Waals surface area contributed by atoms with Crippen molar-refractivity contribution in [3.63, 3.8) is 0 Å². The van der Waals surface area contributed by atoms with Crippen LogP contribution in [0.4, 0.5) is 23.2 Å². The highest BCUT2D eigenvalue weighted by Crippen LogP contribution is 2.31. The summed E-state index contributed by atoms with van der Waals surface area (Å²) < 4.78 is 50.4. The maximum atomic E-state index is 13.2. The van der Waals surface area contributed by atoms with E-state index in [1.165, 1.54) is 0 Å². The number of nitrogens with one attached hydrogen (secondary N) is 1. The fourth-order valence-electron chi connectivity index (χ4n) is 1.31. The van der Waals surface area contributed by atoms with Crippen LogP contribution in [0.3, 0.4) is 0 Å². The Hall–Kier alpha value is -1.52. The lowest BCUT2D eigenvalue weighted by Crippen LogP contribution is -2.08. The predicted molar refractivity (Wildman–Crippen MR) is 59.3 cm³/mol. The van der Waals surface area contributed by atoms with Crippen LogP contribution in [0.2, 0.25) is 0 Å². The molecule has 1 aromatic rings. The van der Waals surface area contributed by atoms with E-state index in [2.05, 4.69) is 11.9 Å². The minimum atomic E-state index is -4.45. The molecule has 0 spiro atoms. The Balaban J connectivity index is 2.73. The average molecular weight is 247 g/mol. The quantitative estimate of drug-likeness (QED) is 0.466. The molecule has 0 aliphatic carbocycles. The molecule has 0 unspecified atom stereocenters. The Morgan fingerprint density at radius 2 is 2.00 bits per heavy atom. The van der Waals surface area contributed by atoms with E-state index >= 15 is 0 Å². The molecule has 1 N–H and O–H groups in total. The number of alkyl halides is 3. The lowest BCUT2D eigenvalue weighted by atomic mass is 10.2. The zero-order valence-corrected chi connectivity index (χ0v) is 9.15. The molecule has 0 aromatic heterocycles. The smallest absolute Gasteiger partial charge is 0.383 e. The zero-order chi connectivity index (χ0) is 12.9. The van der Waals surface area contributed by atoms with Crippen LogP contribution in [0.15, 0.2) is 30.9 Å². The van der Waals surface area contributed by atoms with E-state index in [1.807, 2.05) is 0 Å². The summed E-state index contributed by atoms with van der Waals surface area (Å²) in [6.07, 6.45) is -1.33. The van der Waals surface area contributed by atoms with Crippen LogP contribution in [0.25, 0.3) is 0 Å². The van der Waals surface area contributed by atoms with Gasteiger partial charge in [0.25, 0.3) is 0 Å². The third-order valence-corrected chi connectivity index (χ3v) is 2.19. The summed E-state index contributed by atoms with van der Waals surface area (Å²) >= 11 is 0. The van der Waals surface area contributed by atoms with Gasteiger partial charge in [-0.3, -0.25) is 0 Å². The number of allylic oxidation sites excluding steroid dienone is 1. The second-order valence-corrected chi connectivity index (χ2v) is 3.55. The van der Waals surface area contributed by atoms with Crippen LogP contribution in [-0.2, 0) is 6.18 Å². The van der Waals surface area contributed by atoms with Gasteiger partial charge in [-0.2, -0.15) is 13.2 Å². The first-order valence-corrected chi connectivity index (χ1v) is 5.16. The molecule has 0 radical (unpaired) electrons. The van der Waals surface area contributed by atoms with Crippen molar-refractivity contribution in [2.45, 2.75) is 19.0 Å². The molecule has 1 nitrogen and oxygen atoms in total. The maximum Gasteiger partial charge on any atom is 0.416 e. The van der Waals surface area contributed by atoms with Crippen molar-refractivity contribution in [2.75, 3.05) is 11.9 Å². The lowest BCUT2D eigenvalue weighted by molar-refractivity contribution is -0.137. The highest BCUT2D eigenvalue weighted by Gasteiger charge is 2.31. The summed E-state index contributed by atoms with van der Waals surface area (Å²) in [5.41, 5.74) is -0.978. The molecule has 5 heteroatoms. The van der Waals surface area contributed by atoms with Gasteiger partial charge in [0.15, 0.2) is 0 Å².